The third-order valence-electron chi connectivity index (χ3n) is 4.51. The summed E-state index contributed by atoms with van der Waals surface area (Å²) in [5.74, 6) is 0. The summed E-state index contributed by atoms with van der Waals surface area (Å²) in [5.41, 5.74) is 5.79. The maximum Gasteiger partial charge on any atom is 4.00 e. The molecule has 0 aliphatic carbocycles. The minimum absolute atomic E-state index is 0. The summed E-state index contributed by atoms with van der Waals surface area (Å²) in [5, 5.41) is 10.9. The zero-order chi connectivity index (χ0) is 17.2. The number of nitrogens with zero attached hydrogens (tertiary/aromatic N) is 3. The number of benzene rings is 2. The van der Waals surface area contributed by atoms with Gasteiger partial charge in [-0.3, -0.25) is 0 Å². The standard InChI is InChI=1S/C15H10N3.C7H9.2ClH.Ti/c1-2-6-12-10-13(9-11(12)5-1)18-15-8-4-3-7-14(15)16-17-18;1-6-4-3-5-7(6)2;;;/h1-10H;3-5H,1-2H3;2*1H;/q2*-1;;;+4/p-2. The third kappa shape index (κ3) is 4.92. The van der Waals surface area contributed by atoms with E-state index in [1.54, 1.807) is 0 Å². The third-order valence-corrected chi connectivity index (χ3v) is 4.51. The molecule has 0 amide bonds. The zero-order valence-corrected chi connectivity index (χ0v) is 18.7. The van der Waals surface area contributed by atoms with Crippen LogP contribution in [0.2, 0.25) is 0 Å². The Hall–Kier alpha value is -1.91. The van der Waals surface area contributed by atoms with Crippen LogP contribution in [0, 0.1) is 13.8 Å². The number of rotatable bonds is 1. The number of aryl methyl sites for hydroxylation is 2. The molecule has 0 saturated heterocycles. The number of hydrogen-bond acceptors (Lipinski definition) is 2. The predicted molar refractivity (Wildman–Crippen MR) is 103 cm³/mol. The summed E-state index contributed by atoms with van der Waals surface area (Å²) in [4.78, 5) is 0. The predicted octanol–water partition coefficient (Wildman–Crippen LogP) is -0.680. The Morgan fingerprint density at radius 2 is 1.64 bits per heavy atom. The van der Waals surface area contributed by atoms with Crippen molar-refractivity contribution in [1.82, 2.24) is 15.0 Å². The Labute approximate surface area is 192 Å². The van der Waals surface area contributed by atoms with Crippen molar-refractivity contribution in [2.45, 2.75) is 13.8 Å². The number of halogens is 2. The molecule has 1 heterocycles. The first kappa shape index (κ1) is 24.1. The van der Waals surface area contributed by atoms with Crippen LogP contribution in [0.5, 0.6) is 0 Å². The van der Waals surface area contributed by atoms with E-state index >= 15 is 0 Å². The molecule has 0 fully saturated rings. The second-order valence-electron chi connectivity index (χ2n) is 6.22. The van der Waals surface area contributed by atoms with E-state index < -0.39 is 0 Å². The van der Waals surface area contributed by atoms with E-state index in [4.69, 9.17) is 0 Å². The zero-order valence-electron chi connectivity index (χ0n) is 15.6. The molecule has 0 N–H and O–H groups in total. The molecular weight excluding hydrogens is 425 g/mol. The molecule has 5 aromatic rings. The van der Waals surface area contributed by atoms with Crippen LogP contribution in [0.15, 0.2) is 78.9 Å². The van der Waals surface area contributed by atoms with Gasteiger partial charge in [-0.1, -0.05) is 37.3 Å². The van der Waals surface area contributed by atoms with Crippen LogP contribution in [-0.2, 0) is 21.7 Å². The molecule has 140 valence electrons. The van der Waals surface area contributed by atoms with Gasteiger partial charge in [-0.25, -0.2) is 16.8 Å². The van der Waals surface area contributed by atoms with Crippen molar-refractivity contribution >= 4 is 21.8 Å². The van der Waals surface area contributed by atoms with Crippen molar-refractivity contribution < 1.29 is 46.5 Å². The Morgan fingerprint density at radius 3 is 2.29 bits per heavy atom. The molecule has 0 radical (unpaired) electrons. The van der Waals surface area contributed by atoms with Crippen molar-refractivity contribution in [2.75, 3.05) is 0 Å². The summed E-state index contributed by atoms with van der Waals surface area (Å²) < 4.78 is 1.88. The molecule has 5 rings (SSSR count). The van der Waals surface area contributed by atoms with Gasteiger partial charge in [0, 0.05) is 0 Å². The van der Waals surface area contributed by atoms with Crippen LogP contribution in [0.25, 0.3) is 27.5 Å². The van der Waals surface area contributed by atoms with E-state index in [2.05, 4.69) is 66.6 Å². The maximum atomic E-state index is 4.23. The smallest absolute Gasteiger partial charge is 1.00 e. The molecule has 4 aromatic carbocycles. The van der Waals surface area contributed by atoms with E-state index in [9.17, 15) is 0 Å². The van der Waals surface area contributed by atoms with E-state index in [1.807, 2.05) is 41.1 Å². The molecule has 0 aliphatic rings. The largest absolute Gasteiger partial charge is 4.00 e. The van der Waals surface area contributed by atoms with Crippen LogP contribution < -0.4 is 24.8 Å². The second kappa shape index (κ2) is 10.6. The first-order valence-electron chi connectivity index (χ1n) is 8.37. The van der Waals surface area contributed by atoms with E-state index in [0.717, 1.165) is 16.7 Å². The van der Waals surface area contributed by atoms with Gasteiger partial charge in [-0.2, -0.15) is 17.2 Å². The molecule has 6 heteroatoms. The first-order chi connectivity index (χ1) is 12.2. The van der Waals surface area contributed by atoms with Crippen molar-refractivity contribution in [2.24, 2.45) is 0 Å². The van der Waals surface area contributed by atoms with Gasteiger partial charge in [0.1, 0.15) is 5.52 Å². The van der Waals surface area contributed by atoms with Crippen molar-refractivity contribution in [3.8, 4) is 5.69 Å². The summed E-state index contributed by atoms with van der Waals surface area (Å²) in [6.45, 7) is 4.24. The molecule has 0 bridgehead atoms. The average Bonchev–Trinajstić information content (AvgIpc) is 3.34. The summed E-state index contributed by atoms with van der Waals surface area (Å²) in [7, 11) is 0. The molecule has 28 heavy (non-hydrogen) atoms. The Balaban J connectivity index is 0.000000341. The topological polar surface area (TPSA) is 30.7 Å². The van der Waals surface area contributed by atoms with E-state index in [0.29, 0.717) is 0 Å². The Kier molecular flexibility index (Phi) is 9.13. The monoisotopic (exact) mass is 443 g/mol. The van der Waals surface area contributed by atoms with Crippen molar-refractivity contribution in [3.05, 3.63) is 90.0 Å². The molecule has 0 spiro atoms. The molecule has 1 aromatic heterocycles. The van der Waals surface area contributed by atoms with E-state index in [1.165, 1.54) is 21.9 Å². The fraction of sp³-hybridized carbons (Fsp3) is 0.0909. The number of para-hydroxylation sites is 1. The molecule has 0 atom stereocenters. The fourth-order valence-electron chi connectivity index (χ4n) is 2.92. The quantitative estimate of drug-likeness (QED) is 0.254. The van der Waals surface area contributed by atoms with Crippen LogP contribution in [0.3, 0.4) is 0 Å². The molecule has 0 unspecified atom stereocenters. The second-order valence-corrected chi connectivity index (χ2v) is 6.22. The number of aromatic nitrogens is 3. The number of hydrogen-bond donors (Lipinski definition) is 0. The van der Waals surface area contributed by atoms with Crippen LogP contribution in [0.4, 0.5) is 0 Å². The van der Waals surface area contributed by atoms with Crippen LogP contribution in [0.1, 0.15) is 11.1 Å². The normalized spacial score (nSPS) is 9.64. The minimum Gasteiger partial charge on any atom is -1.00 e. The van der Waals surface area contributed by atoms with Gasteiger partial charge >= 0.3 is 21.7 Å². The SMILES string of the molecule is Cc1ccc[c-]1C.[Cl-].[Cl-].[Ti+4].c1ccc2[cH-]c(-n3nnc4ccccc43)cc2c1. The first-order valence-corrected chi connectivity index (χ1v) is 8.37. The van der Waals surface area contributed by atoms with Crippen molar-refractivity contribution in [3.63, 3.8) is 0 Å². The van der Waals surface area contributed by atoms with Gasteiger partial charge in [0.2, 0.25) is 0 Å². The fourth-order valence-corrected chi connectivity index (χ4v) is 2.92. The summed E-state index contributed by atoms with van der Waals surface area (Å²) >= 11 is 0. The summed E-state index contributed by atoms with van der Waals surface area (Å²) in [6.07, 6.45) is 0. The van der Waals surface area contributed by atoms with Gasteiger partial charge in [0.15, 0.2) is 0 Å². The van der Waals surface area contributed by atoms with Gasteiger partial charge in [-0.15, -0.1) is 46.2 Å². The van der Waals surface area contributed by atoms with Gasteiger partial charge < -0.3 is 24.8 Å². The van der Waals surface area contributed by atoms with Gasteiger partial charge in [-0.05, 0) is 17.8 Å². The number of fused-ring (bicyclic) bond motifs is 2. The molecular formula is C22H19Cl2N3Ti. The van der Waals surface area contributed by atoms with Crippen LogP contribution >= 0.6 is 0 Å². The molecule has 0 saturated carbocycles. The Morgan fingerprint density at radius 1 is 0.929 bits per heavy atom. The molecule has 3 nitrogen and oxygen atoms in total. The Bertz CT molecular complexity index is 1090. The average molecular weight is 444 g/mol. The maximum absolute atomic E-state index is 4.23. The molecule has 0 aliphatic heterocycles. The minimum atomic E-state index is 0. The van der Waals surface area contributed by atoms with Gasteiger partial charge in [0.05, 0.1) is 5.52 Å². The van der Waals surface area contributed by atoms with Gasteiger partial charge in [0.25, 0.3) is 0 Å². The van der Waals surface area contributed by atoms with Crippen molar-refractivity contribution in [1.29, 1.82) is 0 Å². The van der Waals surface area contributed by atoms with E-state index in [-0.39, 0.29) is 46.5 Å². The summed E-state index contributed by atoms with van der Waals surface area (Å²) in [6, 6.07) is 26.9. The van der Waals surface area contributed by atoms with Crippen LogP contribution in [-0.4, -0.2) is 15.0 Å².